The van der Waals surface area contributed by atoms with Gasteiger partial charge in [0.15, 0.2) is 5.69 Å². The summed E-state index contributed by atoms with van der Waals surface area (Å²) in [6.07, 6.45) is -0.778. The van der Waals surface area contributed by atoms with Gasteiger partial charge in [-0.25, -0.2) is 9.07 Å². The standard InChI is InChI=1S/C24H21F4N5O/c25-18-8-7-16(19(30)9-6-14-4-5-14)11-20(18)31-23(34)21-12-22(24(26,27)28)32-33(21)17-3-1-2-15(10-17)13-29/h1-3,7-8,10-12,14,19H,4-6,9,30H2,(H,31,34). The van der Waals surface area contributed by atoms with Gasteiger partial charge in [-0.15, -0.1) is 0 Å². The normalized spacial score (nSPS) is 14.5. The number of nitrogens with zero attached hydrogens (tertiary/aromatic N) is 3. The fourth-order valence-electron chi connectivity index (χ4n) is 3.63. The number of benzene rings is 2. The third-order valence-electron chi connectivity index (χ3n) is 5.70. The lowest BCUT2D eigenvalue weighted by molar-refractivity contribution is -0.141. The largest absolute Gasteiger partial charge is 0.435 e. The first kappa shape index (κ1) is 23.4. The van der Waals surface area contributed by atoms with Crippen LogP contribution in [0.25, 0.3) is 5.69 Å². The number of nitrogens with one attached hydrogen (secondary N) is 1. The summed E-state index contributed by atoms with van der Waals surface area (Å²) in [7, 11) is 0. The molecule has 0 aliphatic heterocycles. The molecular formula is C24H21F4N5O. The summed E-state index contributed by atoms with van der Waals surface area (Å²) in [5, 5.41) is 15.0. The number of carbonyl (C=O) groups excluding carboxylic acids is 1. The van der Waals surface area contributed by atoms with E-state index in [0.717, 1.165) is 17.2 Å². The zero-order valence-electron chi connectivity index (χ0n) is 17.9. The van der Waals surface area contributed by atoms with Gasteiger partial charge in [-0.05, 0) is 54.7 Å². The smallest absolute Gasteiger partial charge is 0.324 e. The van der Waals surface area contributed by atoms with Gasteiger partial charge < -0.3 is 11.1 Å². The second kappa shape index (κ2) is 9.27. The van der Waals surface area contributed by atoms with Gasteiger partial charge in [-0.2, -0.15) is 23.5 Å². The molecule has 0 spiro atoms. The number of alkyl halides is 3. The Morgan fingerprint density at radius 1 is 1.24 bits per heavy atom. The summed E-state index contributed by atoms with van der Waals surface area (Å²) in [6.45, 7) is 0. The molecule has 1 aromatic heterocycles. The highest BCUT2D eigenvalue weighted by Crippen LogP contribution is 2.36. The first-order valence-corrected chi connectivity index (χ1v) is 10.7. The number of nitriles is 1. The van der Waals surface area contributed by atoms with E-state index < -0.39 is 29.3 Å². The molecular weight excluding hydrogens is 450 g/mol. The molecule has 1 atom stereocenters. The van der Waals surface area contributed by atoms with Gasteiger partial charge in [0, 0.05) is 12.1 Å². The van der Waals surface area contributed by atoms with Crippen LogP contribution >= 0.6 is 0 Å². The Labute approximate surface area is 193 Å². The average Bonchev–Trinajstić information content (AvgIpc) is 3.52. The van der Waals surface area contributed by atoms with Gasteiger partial charge in [0.1, 0.15) is 11.5 Å². The molecule has 1 saturated carbocycles. The maximum absolute atomic E-state index is 14.5. The minimum Gasteiger partial charge on any atom is -0.324 e. The van der Waals surface area contributed by atoms with Crippen LogP contribution in [0.1, 0.15) is 59.0 Å². The van der Waals surface area contributed by atoms with Crippen LogP contribution in [-0.2, 0) is 6.18 Å². The number of anilines is 1. The van der Waals surface area contributed by atoms with Crippen molar-refractivity contribution < 1.29 is 22.4 Å². The molecule has 3 aromatic rings. The first-order chi connectivity index (χ1) is 16.2. The van der Waals surface area contributed by atoms with Gasteiger partial charge in [0.25, 0.3) is 5.91 Å². The molecule has 1 amide bonds. The summed E-state index contributed by atoms with van der Waals surface area (Å²) < 4.78 is 55.3. The lowest BCUT2D eigenvalue weighted by Crippen LogP contribution is -2.18. The van der Waals surface area contributed by atoms with Crippen molar-refractivity contribution in [3.63, 3.8) is 0 Å². The topological polar surface area (TPSA) is 96.7 Å². The molecule has 34 heavy (non-hydrogen) atoms. The SMILES string of the molecule is N#Cc1cccc(-n2nc(C(F)(F)F)cc2C(=O)Nc2cc(C(N)CCC3CC3)ccc2F)c1. The molecule has 4 rings (SSSR count). The van der Waals surface area contributed by atoms with Crippen LogP contribution in [0.2, 0.25) is 0 Å². The van der Waals surface area contributed by atoms with Crippen LogP contribution < -0.4 is 11.1 Å². The number of hydrogen-bond donors (Lipinski definition) is 2. The quantitative estimate of drug-likeness (QED) is 0.455. The number of hydrogen-bond acceptors (Lipinski definition) is 4. The molecule has 6 nitrogen and oxygen atoms in total. The van der Waals surface area contributed by atoms with E-state index in [-0.39, 0.29) is 23.0 Å². The minimum atomic E-state index is -4.81. The lowest BCUT2D eigenvalue weighted by atomic mass is 10.0. The predicted molar refractivity (Wildman–Crippen MR) is 117 cm³/mol. The third kappa shape index (κ3) is 5.26. The molecule has 176 valence electrons. The van der Waals surface area contributed by atoms with Crippen LogP contribution in [0.3, 0.4) is 0 Å². The zero-order chi connectivity index (χ0) is 24.5. The molecule has 0 saturated heterocycles. The highest BCUT2D eigenvalue weighted by Gasteiger charge is 2.36. The van der Waals surface area contributed by atoms with Crippen molar-refractivity contribution >= 4 is 11.6 Å². The first-order valence-electron chi connectivity index (χ1n) is 10.7. The van der Waals surface area contributed by atoms with E-state index in [2.05, 4.69) is 10.4 Å². The molecule has 1 aliphatic rings. The number of amides is 1. The van der Waals surface area contributed by atoms with Crippen LogP contribution in [0.5, 0.6) is 0 Å². The van der Waals surface area contributed by atoms with Gasteiger partial charge in [0.05, 0.1) is 23.0 Å². The number of nitrogens with two attached hydrogens (primary N) is 1. The van der Waals surface area contributed by atoms with E-state index in [1.165, 1.54) is 49.2 Å². The molecule has 2 aromatic carbocycles. The van der Waals surface area contributed by atoms with Crippen molar-refractivity contribution in [2.45, 2.75) is 37.9 Å². The van der Waals surface area contributed by atoms with E-state index in [1.807, 2.05) is 6.07 Å². The highest BCUT2D eigenvalue weighted by atomic mass is 19.4. The maximum atomic E-state index is 14.5. The summed E-state index contributed by atoms with van der Waals surface area (Å²) in [6, 6.07) is 11.8. The fraction of sp³-hybridized carbons (Fsp3) is 0.292. The van der Waals surface area contributed by atoms with Crippen molar-refractivity contribution in [1.82, 2.24) is 9.78 Å². The molecule has 3 N–H and O–H groups in total. The fourth-order valence-corrected chi connectivity index (χ4v) is 3.63. The highest BCUT2D eigenvalue weighted by molar-refractivity contribution is 6.03. The van der Waals surface area contributed by atoms with E-state index in [4.69, 9.17) is 11.0 Å². The van der Waals surface area contributed by atoms with Crippen molar-refractivity contribution in [2.75, 3.05) is 5.32 Å². The lowest BCUT2D eigenvalue weighted by Gasteiger charge is -2.15. The van der Waals surface area contributed by atoms with Crippen molar-refractivity contribution in [2.24, 2.45) is 11.7 Å². The molecule has 0 bridgehead atoms. The van der Waals surface area contributed by atoms with Crippen LogP contribution in [0, 0.1) is 23.1 Å². The predicted octanol–water partition coefficient (Wildman–Crippen LogP) is 5.34. The molecule has 1 heterocycles. The zero-order valence-corrected chi connectivity index (χ0v) is 17.9. The Balaban J connectivity index is 1.64. The van der Waals surface area contributed by atoms with E-state index in [1.54, 1.807) is 0 Å². The van der Waals surface area contributed by atoms with Crippen LogP contribution in [0.4, 0.5) is 23.2 Å². The average molecular weight is 471 g/mol. The van der Waals surface area contributed by atoms with Gasteiger partial charge in [-0.1, -0.05) is 25.0 Å². The van der Waals surface area contributed by atoms with Gasteiger partial charge >= 0.3 is 6.18 Å². The summed E-state index contributed by atoms with van der Waals surface area (Å²) in [4.78, 5) is 13.0. The second-order valence-electron chi connectivity index (χ2n) is 8.31. The molecule has 0 radical (unpaired) electrons. The Morgan fingerprint density at radius 2 is 2.00 bits per heavy atom. The van der Waals surface area contributed by atoms with Crippen LogP contribution in [0.15, 0.2) is 48.5 Å². The van der Waals surface area contributed by atoms with Gasteiger partial charge in [0.2, 0.25) is 0 Å². The second-order valence-corrected chi connectivity index (χ2v) is 8.31. The summed E-state index contributed by atoms with van der Waals surface area (Å²) >= 11 is 0. The van der Waals surface area contributed by atoms with Crippen molar-refractivity contribution in [1.29, 1.82) is 5.26 Å². The van der Waals surface area contributed by atoms with E-state index >= 15 is 0 Å². The Morgan fingerprint density at radius 3 is 2.68 bits per heavy atom. The number of carbonyl (C=O) groups is 1. The summed E-state index contributed by atoms with van der Waals surface area (Å²) in [5.41, 5.74) is 5.12. The van der Waals surface area contributed by atoms with Crippen LogP contribution in [-0.4, -0.2) is 15.7 Å². The summed E-state index contributed by atoms with van der Waals surface area (Å²) in [5.74, 6) is -1.07. The van der Waals surface area contributed by atoms with E-state index in [9.17, 15) is 22.4 Å². The maximum Gasteiger partial charge on any atom is 0.435 e. The number of aromatic nitrogens is 2. The Hall–Kier alpha value is -3.71. The van der Waals surface area contributed by atoms with E-state index in [0.29, 0.717) is 24.0 Å². The molecule has 1 aliphatic carbocycles. The Bertz CT molecular complexity index is 1260. The van der Waals surface area contributed by atoms with Gasteiger partial charge in [-0.3, -0.25) is 4.79 Å². The molecule has 1 fully saturated rings. The van der Waals surface area contributed by atoms with Crippen molar-refractivity contribution in [3.05, 3.63) is 76.9 Å². The number of halogens is 4. The van der Waals surface area contributed by atoms with Crippen molar-refractivity contribution in [3.8, 4) is 11.8 Å². The Kier molecular flexibility index (Phi) is 6.39. The molecule has 10 heteroatoms. The molecule has 1 unspecified atom stereocenters. The monoisotopic (exact) mass is 471 g/mol. The number of rotatable bonds is 7. The minimum absolute atomic E-state index is 0.0796. The third-order valence-corrected chi connectivity index (χ3v) is 5.70.